The number of aryl methyl sites for hydroxylation is 1. The average Bonchev–Trinajstić information content (AvgIpc) is 3.42. The molecule has 1 aromatic heterocycles. The molecule has 0 bridgehead atoms. The van der Waals surface area contributed by atoms with E-state index in [1.165, 1.54) is 25.3 Å². The standard InChI is InChI=1S/C21H24F3N3O6/c1-26-7-5-17(25-26)20-6-8-27(12-18(20)31-13-33-20)19(28)14-3-4-15(16(11-14)29-2)30-9-10-32-21(22,23)24/h3-5,7,11,18H,6,8-10,12-13H2,1-2H3/t18?,20-/m0/s1. The Balaban J connectivity index is 1.42. The SMILES string of the molecule is COc1cc(C(=O)N2CC[C@@]3(c4ccn(C)n4)OCOC3C2)ccc1OCCOC(F)(F)F. The zero-order valence-electron chi connectivity index (χ0n) is 18.1. The molecule has 0 radical (unpaired) electrons. The Kier molecular flexibility index (Phi) is 6.50. The molecule has 2 aromatic rings. The van der Waals surface area contributed by atoms with Crippen molar-refractivity contribution in [1.29, 1.82) is 0 Å². The van der Waals surface area contributed by atoms with E-state index >= 15 is 0 Å². The first kappa shape index (κ1) is 23.3. The lowest BCUT2D eigenvalue weighted by Gasteiger charge is -2.40. The van der Waals surface area contributed by atoms with E-state index in [9.17, 15) is 18.0 Å². The van der Waals surface area contributed by atoms with Crippen molar-refractivity contribution in [2.24, 2.45) is 7.05 Å². The number of fused-ring (bicyclic) bond motifs is 1. The molecule has 0 N–H and O–H groups in total. The molecule has 2 saturated heterocycles. The third kappa shape index (κ3) is 4.92. The Hall–Kier alpha value is -2.83. The van der Waals surface area contributed by atoms with Gasteiger partial charge in [0.05, 0.1) is 26.0 Å². The highest BCUT2D eigenvalue weighted by molar-refractivity contribution is 5.95. The second-order valence-corrected chi connectivity index (χ2v) is 7.69. The van der Waals surface area contributed by atoms with E-state index < -0.39 is 18.6 Å². The van der Waals surface area contributed by atoms with Crippen LogP contribution in [0.2, 0.25) is 0 Å². The predicted octanol–water partition coefficient (Wildman–Crippen LogP) is 2.46. The lowest BCUT2D eigenvalue weighted by atomic mass is 9.85. The second kappa shape index (κ2) is 9.20. The van der Waals surface area contributed by atoms with Crippen molar-refractivity contribution >= 4 is 5.91 Å². The van der Waals surface area contributed by atoms with Gasteiger partial charge in [0.2, 0.25) is 0 Å². The van der Waals surface area contributed by atoms with Crippen LogP contribution in [0.15, 0.2) is 30.5 Å². The summed E-state index contributed by atoms with van der Waals surface area (Å²) in [6.07, 6.45) is -2.72. The van der Waals surface area contributed by atoms with Gasteiger partial charge in [0.1, 0.15) is 25.1 Å². The van der Waals surface area contributed by atoms with Crippen molar-refractivity contribution < 1.29 is 41.7 Å². The number of carbonyl (C=O) groups is 1. The van der Waals surface area contributed by atoms with Gasteiger partial charge in [-0.05, 0) is 24.3 Å². The predicted molar refractivity (Wildman–Crippen MR) is 107 cm³/mol. The Labute approximate surface area is 187 Å². The van der Waals surface area contributed by atoms with E-state index in [1.807, 2.05) is 19.3 Å². The van der Waals surface area contributed by atoms with Crippen LogP contribution in [-0.2, 0) is 26.9 Å². The number of rotatable bonds is 7. The molecule has 0 aliphatic carbocycles. The van der Waals surface area contributed by atoms with Crippen LogP contribution in [0.3, 0.4) is 0 Å². The lowest BCUT2D eigenvalue weighted by Crippen LogP contribution is -2.53. The largest absolute Gasteiger partial charge is 0.522 e. The summed E-state index contributed by atoms with van der Waals surface area (Å²) >= 11 is 0. The molecule has 2 aliphatic heterocycles. The molecule has 12 heteroatoms. The van der Waals surface area contributed by atoms with Crippen molar-refractivity contribution in [1.82, 2.24) is 14.7 Å². The van der Waals surface area contributed by atoms with E-state index in [-0.39, 0.29) is 36.9 Å². The molecule has 180 valence electrons. The van der Waals surface area contributed by atoms with Crippen LogP contribution in [-0.4, -0.2) is 73.3 Å². The molecular formula is C21H24F3N3O6. The molecule has 0 spiro atoms. The van der Waals surface area contributed by atoms with Crippen molar-refractivity contribution in [2.75, 3.05) is 40.2 Å². The number of carbonyl (C=O) groups excluding carboxylic acids is 1. The number of amides is 1. The monoisotopic (exact) mass is 471 g/mol. The van der Waals surface area contributed by atoms with Crippen LogP contribution in [0, 0.1) is 0 Å². The van der Waals surface area contributed by atoms with Crippen molar-refractivity contribution in [2.45, 2.75) is 24.5 Å². The number of piperidine rings is 1. The zero-order chi connectivity index (χ0) is 23.6. The minimum absolute atomic E-state index is 0.126. The maximum Gasteiger partial charge on any atom is 0.522 e. The first-order valence-corrected chi connectivity index (χ1v) is 10.3. The number of nitrogens with zero attached hydrogens (tertiary/aromatic N) is 3. The van der Waals surface area contributed by atoms with Gasteiger partial charge in [0, 0.05) is 31.8 Å². The molecule has 2 fully saturated rings. The zero-order valence-corrected chi connectivity index (χ0v) is 18.1. The molecular weight excluding hydrogens is 447 g/mol. The summed E-state index contributed by atoms with van der Waals surface area (Å²) in [5, 5.41) is 4.48. The number of alkyl halides is 3. The quantitative estimate of drug-likeness (QED) is 0.574. The summed E-state index contributed by atoms with van der Waals surface area (Å²) in [4.78, 5) is 14.8. The maximum absolute atomic E-state index is 13.2. The highest BCUT2D eigenvalue weighted by Gasteiger charge is 2.52. The number of methoxy groups -OCH3 is 1. The summed E-state index contributed by atoms with van der Waals surface area (Å²) in [7, 11) is 3.21. The second-order valence-electron chi connectivity index (χ2n) is 7.69. The van der Waals surface area contributed by atoms with Crippen LogP contribution in [0.5, 0.6) is 11.5 Å². The number of halogens is 3. The minimum atomic E-state index is -4.72. The lowest BCUT2D eigenvalue weighted by molar-refractivity contribution is -0.325. The van der Waals surface area contributed by atoms with Crippen molar-refractivity contribution in [3.05, 3.63) is 41.7 Å². The Morgan fingerprint density at radius 3 is 2.79 bits per heavy atom. The fourth-order valence-electron chi connectivity index (χ4n) is 4.08. The highest BCUT2D eigenvalue weighted by Crippen LogP contribution is 2.42. The number of hydrogen-bond acceptors (Lipinski definition) is 7. The molecule has 2 atom stereocenters. The van der Waals surface area contributed by atoms with Gasteiger partial charge >= 0.3 is 6.36 Å². The molecule has 0 saturated carbocycles. The summed E-state index contributed by atoms with van der Waals surface area (Å²) in [6.45, 7) is -0.108. The third-order valence-electron chi connectivity index (χ3n) is 5.70. The Bertz CT molecular complexity index is 998. The minimum Gasteiger partial charge on any atom is -0.493 e. The van der Waals surface area contributed by atoms with Crippen LogP contribution in [0.25, 0.3) is 0 Å². The first-order valence-electron chi connectivity index (χ1n) is 10.3. The molecule has 1 unspecified atom stereocenters. The van der Waals surface area contributed by atoms with E-state index in [2.05, 4.69) is 9.84 Å². The van der Waals surface area contributed by atoms with Gasteiger partial charge in [-0.15, -0.1) is 13.2 Å². The normalized spacial score (nSPS) is 22.8. The summed E-state index contributed by atoms with van der Waals surface area (Å²) in [6, 6.07) is 6.41. The molecule has 1 aromatic carbocycles. The van der Waals surface area contributed by atoms with Crippen LogP contribution in [0.4, 0.5) is 13.2 Å². The van der Waals surface area contributed by atoms with E-state index in [0.29, 0.717) is 25.1 Å². The topological polar surface area (TPSA) is 84.3 Å². The molecule has 33 heavy (non-hydrogen) atoms. The maximum atomic E-state index is 13.2. The van der Waals surface area contributed by atoms with Gasteiger partial charge in [-0.3, -0.25) is 14.2 Å². The molecule has 2 aliphatic rings. The number of ether oxygens (including phenoxy) is 5. The van der Waals surface area contributed by atoms with E-state index in [1.54, 1.807) is 9.58 Å². The van der Waals surface area contributed by atoms with E-state index in [4.69, 9.17) is 18.9 Å². The third-order valence-corrected chi connectivity index (χ3v) is 5.70. The first-order chi connectivity index (χ1) is 15.7. The number of hydrogen-bond donors (Lipinski definition) is 0. The van der Waals surface area contributed by atoms with Gasteiger partial charge in [-0.25, -0.2) is 0 Å². The fourth-order valence-corrected chi connectivity index (χ4v) is 4.08. The molecule has 1 amide bonds. The number of aromatic nitrogens is 2. The van der Waals surface area contributed by atoms with Crippen molar-refractivity contribution in [3.8, 4) is 11.5 Å². The van der Waals surface area contributed by atoms with Crippen molar-refractivity contribution in [3.63, 3.8) is 0 Å². The molecule has 3 heterocycles. The highest BCUT2D eigenvalue weighted by atomic mass is 19.4. The summed E-state index contributed by atoms with van der Waals surface area (Å²) in [5.74, 6) is 0.207. The van der Waals surface area contributed by atoms with Gasteiger partial charge in [-0.1, -0.05) is 0 Å². The average molecular weight is 471 g/mol. The van der Waals surface area contributed by atoms with Crippen LogP contribution in [0.1, 0.15) is 22.5 Å². The van der Waals surface area contributed by atoms with Gasteiger partial charge in [-0.2, -0.15) is 5.10 Å². The number of likely N-dealkylation sites (tertiary alicyclic amines) is 1. The van der Waals surface area contributed by atoms with Gasteiger partial charge in [0.15, 0.2) is 11.5 Å². The summed E-state index contributed by atoms with van der Waals surface area (Å²) in [5.41, 5.74) is 0.443. The molecule has 4 rings (SSSR count). The van der Waals surface area contributed by atoms with Gasteiger partial charge in [0.25, 0.3) is 5.91 Å². The molecule has 9 nitrogen and oxygen atoms in total. The Morgan fingerprint density at radius 2 is 2.09 bits per heavy atom. The van der Waals surface area contributed by atoms with E-state index in [0.717, 1.165) is 5.69 Å². The van der Waals surface area contributed by atoms with Crippen LogP contribution < -0.4 is 9.47 Å². The smallest absolute Gasteiger partial charge is 0.493 e. The summed E-state index contributed by atoms with van der Waals surface area (Å²) < 4.78 is 63.9. The fraction of sp³-hybridized carbons (Fsp3) is 0.524. The number of benzene rings is 1. The van der Waals surface area contributed by atoms with Crippen LogP contribution >= 0.6 is 0 Å². The van der Waals surface area contributed by atoms with Gasteiger partial charge < -0.3 is 23.8 Å². The Morgan fingerprint density at radius 1 is 1.27 bits per heavy atom.